The summed E-state index contributed by atoms with van der Waals surface area (Å²) in [5.41, 5.74) is 0. The van der Waals surface area contributed by atoms with E-state index < -0.39 is 0 Å². The lowest BCUT2D eigenvalue weighted by Gasteiger charge is -2.28. The first-order valence-corrected chi connectivity index (χ1v) is 5.53. The maximum absolute atomic E-state index is 11.5. The Morgan fingerprint density at radius 1 is 1.53 bits per heavy atom. The molecule has 0 amide bonds. The van der Waals surface area contributed by atoms with Crippen LogP contribution >= 0.6 is 0 Å². The average Bonchev–Trinajstić information content (AvgIpc) is 2.73. The molecule has 4 nitrogen and oxygen atoms in total. The van der Waals surface area contributed by atoms with Crippen LogP contribution in [0.1, 0.15) is 26.2 Å². The number of likely N-dealkylation sites (tertiary alicyclic amines) is 1. The van der Waals surface area contributed by atoms with E-state index in [1.54, 1.807) is 7.11 Å². The first kappa shape index (κ1) is 12.5. The van der Waals surface area contributed by atoms with Gasteiger partial charge in [0.1, 0.15) is 6.04 Å². The SMILES string of the molecule is COCCC(C)N1CCCC1C(=O)OC. The highest BCUT2D eigenvalue weighted by atomic mass is 16.5. The first-order valence-electron chi connectivity index (χ1n) is 5.53. The number of ether oxygens (including phenoxy) is 2. The largest absolute Gasteiger partial charge is 0.468 e. The fourth-order valence-corrected chi connectivity index (χ4v) is 2.16. The zero-order valence-electron chi connectivity index (χ0n) is 9.86. The number of carbonyl (C=O) groups is 1. The van der Waals surface area contributed by atoms with Crippen molar-refractivity contribution in [1.29, 1.82) is 0 Å². The third-order valence-corrected chi connectivity index (χ3v) is 3.07. The summed E-state index contributed by atoms with van der Waals surface area (Å²) >= 11 is 0. The second kappa shape index (κ2) is 6.08. The predicted octanol–water partition coefficient (Wildman–Crippen LogP) is 1.05. The Balaban J connectivity index is 2.48. The minimum Gasteiger partial charge on any atom is -0.468 e. The minimum atomic E-state index is -0.100. The molecule has 1 saturated heterocycles. The van der Waals surface area contributed by atoms with Gasteiger partial charge in [0.05, 0.1) is 7.11 Å². The van der Waals surface area contributed by atoms with Crippen molar-refractivity contribution in [2.45, 2.75) is 38.3 Å². The van der Waals surface area contributed by atoms with Crippen LogP contribution in [0.15, 0.2) is 0 Å². The van der Waals surface area contributed by atoms with Gasteiger partial charge < -0.3 is 9.47 Å². The maximum Gasteiger partial charge on any atom is 0.323 e. The zero-order chi connectivity index (χ0) is 11.3. The summed E-state index contributed by atoms with van der Waals surface area (Å²) in [5, 5.41) is 0. The van der Waals surface area contributed by atoms with Crippen molar-refractivity contribution in [2.75, 3.05) is 27.4 Å². The molecular formula is C11H21NO3. The van der Waals surface area contributed by atoms with Crippen molar-refractivity contribution in [1.82, 2.24) is 4.90 Å². The van der Waals surface area contributed by atoms with Gasteiger partial charge in [-0.15, -0.1) is 0 Å². The number of carbonyl (C=O) groups excluding carboxylic acids is 1. The van der Waals surface area contributed by atoms with E-state index in [0.717, 1.165) is 32.4 Å². The van der Waals surface area contributed by atoms with Crippen LogP contribution in [-0.2, 0) is 14.3 Å². The molecule has 2 unspecified atom stereocenters. The van der Waals surface area contributed by atoms with E-state index in [2.05, 4.69) is 11.8 Å². The highest BCUT2D eigenvalue weighted by molar-refractivity contribution is 5.76. The van der Waals surface area contributed by atoms with Crippen LogP contribution in [0.5, 0.6) is 0 Å². The van der Waals surface area contributed by atoms with Gasteiger partial charge in [-0.05, 0) is 32.7 Å². The third kappa shape index (κ3) is 3.18. The van der Waals surface area contributed by atoms with Gasteiger partial charge in [0.25, 0.3) is 0 Å². The number of rotatable bonds is 5. The summed E-state index contributed by atoms with van der Waals surface area (Å²) in [6.07, 6.45) is 2.96. The maximum atomic E-state index is 11.5. The highest BCUT2D eigenvalue weighted by Gasteiger charge is 2.33. The molecule has 0 aromatic heterocycles. The lowest BCUT2D eigenvalue weighted by Crippen LogP contribution is -2.42. The molecule has 1 aliphatic rings. The van der Waals surface area contributed by atoms with Crippen LogP contribution < -0.4 is 0 Å². The number of nitrogens with zero attached hydrogens (tertiary/aromatic N) is 1. The Hall–Kier alpha value is -0.610. The molecule has 0 N–H and O–H groups in total. The molecule has 88 valence electrons. The summed E-state index contributed by atoms with van der Waals surface area (Å²) in [5.74, 6) is -0.100. The van der Waals surface area contributed by atoms with E-state index in [1.807, 2.05) is 0 Å². The molecule has 15 heavy (non-hydrogen) atoms. The monoisotopic (exact) mass is 215 g/mol. The Morgan fingerprint density at radius 2 is 2.27 bits per heavy atom. The highest BCUT2D eigenvalue weighted by Crippen LogP contribution is 2.22. The van der Waals surface area contributed by atoms with E-state index in [1.165, 1.54) is 7.11 Å². The van der Waals surface area contributed by atoms with Gasteiger partial charge >= 0.3 is 5.97 Å². The molecule has 1 fully saturated rings. The zero-order valence-corrected chi connectivity index (χ0v) is 9.86. The fraction of sp³-hybridized carbons (Fsp3) is 0.909. The summed E-state index contributed by atoms with van der Waals surface area (Å²) in [6.45, 7) is 3.87. The van der Waals surface area contributed by atoms with E-state index in [-0.39, 0.29) is 12.0 Å². The third-order valence-electron chi connectivity index (χ3n) is 3.07. The molecule has 0 aromatic rings. The molecule has 0 radical (unpaired) electrons. The molecule has 4 heteroatoms. The van der Waals surface area contributed by atoms with Crippen LogP contribution in [0.4, 0.5) is 0 Å². The summed E-state index contributed by atoms with van der Waals surface area (Å²) in [7, 11) is 3.16. The van der Waals surface area contributed by atoms with Crippen molar-refractivity contribution in [3.05, 3.63) is 0 Å². The van der Waals surface area contributed by atoms with Gasteiger partial charge in [-0.25, -0.2) is 0 Å². The number of hydrogen-bond acceptors (Lipinski definition) is 4. The van der Waals surface area contributed by atoms with Gasteiger partial charge in [0, 0.05) is 19.8 Å². The van der Waals surface area contributed by atoms with E-state index in [4.69, 9.17) is 9.47 Å². The van der Waals surface area contributed by atoms with Crippen molar-refractivity contribution < 1.29 is 14.3 Å². The number of hydrogen-bond donors (Lipinski definition) is 0. The normalized spacial score (nSPS) is 24.1. The van der Waals surface area contributed by atoms with Gasteiger partial charge in [-0.1, -0.05) is 0 Å². The fourth-order valence-electron chi connectivity index (χ4n) is 2.16. The summed E-state index contributed by atoms with van der Waals surface area (Å²) in [6, 6.07) is 0.346. The topological polar surface area (TPSA) is 38.8 Å². The van der Waals surface area contributed by atoms with Crippen LogP contribution in [0.3, 0.4) is 0 Å². The molecule has 0 spiro atoms. The Kier molecular flexibility index (Phi) is 5.05. The number of methoxy groups -OCH3 is 2. The molecule has 1 heterocycles. The van der Waals surface area contributed by atoms with Crippen LogP contribution in [0.2, 0.25) is 0 Å². The van der Waals surface area contributed by atoms with E-state index in [9.17, 15) is 4.79 Å². The first-order chi connectivity index (χ1) is 7.20. The predicted molar refractivity (Wildman–Crippen MR) is 57.7 cm³/mol. The lowest BCUT2D eigenvalue weighted by molar-refractivity contribution is -0.146. The lowest BCUT2D eigenvalue weighted by atomic mass is 10.1. The molecule has 0 bridgehead atoms. The standard InChI is InChI=1S/C11H21NO3/c1-9(6-8-14-2)12-7-4-5-10(12)11(13)15-3/h9-10H,4-8H2,1-3H3. The van der Waals surface area contributed by atoms with Gasteiger partial charge in [0.2, 0.25) is 0 Å². The van der Waals surface area contributed by atoms with Crippen molar-refractivity contribution in [3.63, 3.8) is 0 Å². The molecule has 2 atom stereocenters. The second-order valence-electron chi connectivity index (χ2n) is 4.05. The quantitative estimate of drug-likeness (QED) is 0.643. The Bertz CT molecular complexity index is 208. The van der Waals surface area contributed by atoms with E-state index >= 15 is 0 Å². The van der Waals surface area contributed by atoms with Crippen LogP contribution in [0.25, 0.3) is 0 Å². The van der Waals surface area contributed by atoms with Crippen LogP contribution in [-0.4, -0.2) is 50.3 Å². The molecule has 0 aromatic carbocycles. The molecule has 0 aliphatic carbocycles. The summed E-state index contributed by atoms with van der Waals surface area (Å²) < 4.78 is 9.86. The number of esters is 1. The van der Waals surface area contributed by atoms with Crippen molar-refractivity contribution in [2.24, 2.45) is 0 Å². The Morgan fingerprint density at radius 3 is 2.87 bits per heavy atom. The van der Waals surface area contributed by atoms with Gasteiger partial charge in [0.15, 0.2) is 0 Å². The Labute approximate surface area is 91.5 Å². The van der Waals surface area contributed by atoms with Crippen molar-refractivity contribution in [3.8, 4) is 0 Å². The average molecular weight is 215 g/mol. The second-order valence-corrected chi connectivity index (χ2v) is 4.05. The van der Waals surface area contributed by atoms with E-state index in [0.29, 0.717) is 6.04 Å². The van der Waals surface area contributed by atoms with Crippen molar-refractivity contribution >= 4 is 5.97 Å². The smallest absolute Gasteiger partial charge is 0.323 e. The minimum absolute atomic E-state index is 0.0399. The van der Waals surface area contributed by atoms with Gasteiger partial charge in [-0.3, -0.25) is 9.69 Å². The summed E-state index contributed by atoms with van der Waals surface area (Å²) in [4.78, 5) is 13.7. The van der Waals surface area contributed by atoms with Gasteiger partial charge in [-0.2, -0.15) is 0 Å². The molecular weight excluding hydrogens is 194 g/mol. The molecule has 0 saturated carbocycles. The van der Waals surface area contributed by atoms with Crippen LogP contribution in [0, 0.1) is 0 Å². The molecule has 1 rings (SSSR count). The molecule has 1 aliphatic heterocycles.